The van der Waals surface area contributed by atoms with E-state index in [1.807, 2.05) is 30.3 Å². The van der Waals surface area contributed by atoms with Gasteiger partial charge in [0.2, 0.25) is 0 Å². The van der Waals surface area contributed by atoms with Gasteiger partial charge >= 0.3 is 0 Å². The minimum absolute atomic E-state index is 0.00688. The number of anilines is 1. The molecule has 6 heteroatoms. The fourth-order valence-corrected chi connectivity index (χ4v) is 3.60. The Balaban J connectivity index is 1.71. The SMILES string of the molecule is C[C@@H]1N(c2cc(-c3cccc(CO)c3)c[nH]c2=O)CCOC12COC2. The molecule has 2 aromatic rings. The van der Waals surface area contributed by atoms with Crippen molar-refractivity contribution in [3.63, 3.8) is 0 Å². The number of hydrogen-bond donors (Lipinski definition) is 2. The van der Waals surface area contributed by atoms with Crippen LogP contribution in [-0.4, -0.2) is 48.1 Å². The van der Waals surface area contributed by atoms with Crippen molar-refractivity contribution in [3.05, 3.63) is 52.4 Å². The lowest BCUT2D eigenvalue weighted by Gasteiger charge is -2.53. The molecule has 0 bridgehead atoms. The molecule has 0 unspecified atom stereocenters. The first-order valence-corrected chi connectivity index (χ1v) is 8.54. The molecule has 6 nitrogen and oxygen atoms in total. The van der Waals surface area contributed by atoms with Gasteiger partial charge in [0.25, 0.3) is 5.56 Å². The van der Waals surface area contributed by atoms with Gasteiger partial charge in [-0.25, -0.2) is 0 Å². The van der Waals surface area contributed by atoms with E-state index >= 15 is 0 Å². The van der Waals surface area contributed by atoms with Crippen molar-refractivity contribution in [2.24, 2.45) is 0 Å². The molecule has 25 heavy (non-hydrogen) atoms. The van der Waals surface area contributed by atoms with Gasteiger partial charge in [0.05, 0.1) is 32.5 Å². The largest absolute Gasteiger partial charge is 0.392 e. The Bertz CT molecular complexity index is 828. The van der Waals surface area contributed by atoms with Crippen molar-refractivity contribution < 1.29 is 14.6 Å². The summed E-state index contributed by atoms with van der Waals surface area (Å²) in [5.41, 5.74) is 2.96. The third-order valence-corrected chi connectivity index (χ3v) is 5.28. The van der Waals surface area contributed by atoms with Crippen molar-refractivity contribution in [2.75, 3.05) is 31.3 Å². The molecule has 0 amide bonds. The minimum Gasteiger partial charge on any atom is -0.392 e. The average Bonchev–Trinajstić information content (AvgIpc) is 2.61. The van der Waals surface area contributed by atoms with Crippen molar-refractivity contribution in [2.45, 2.75) is 25.2 Å². The Morgan fingerprint density at radius 1 is 1.32 bits per heavy atom. The van der Waals surface area contributed by atoms with Gasteiger partial charge in [0, 0.05) is 18.3 Å². The number of pyridine rings is 1. The number of hydrogen-bond acceptors (Lipinski definition) is 5. The summed E-state index contributed by atoms with van der Waals surface area (Å²) in [6.45, 7) is 4.47. The van der Waals surface area contributed by atoms with Crippen molar-refractivity contribution >= 4 is 5.69 Å². The summed E-state index contributed by atoms with van der Waals surface area (Å²) in [6, 6.07) is 9.67. The number of aromatic amines is 1. The van der Waals surface area contributed by atoms with Crippen LogP contribution in [0.4, 0.5) is 5.69 Å². The van der Waals surface area contributed by atoms with Crippen LogP contribution in [0.1, 0.15) is 12.5 Å². The molecule has 1 spiro atoms. The van der Waals surface area contributed by atoms with Crippen LogP contribution in [0.15, 0.2) is 41.3 Å². The lowest BCUT2D eigenvalue weighted by molar-refractivity contribution is -0.228. The van der Waals surface area contributed by atoms with Gasteiger partial charge in [-0.3, -0.25) is 4.79 Å². The average molecular weight is 342 g/mol. The maximum atomic E-state index is 12.5. The van der Waals surface area contributed by atoms with Crippen molar-refractivity contribution in [1.82, 2.24) is 4.98 Å². The fraction of sp³-hybridized carbons (Fsp3) is 0.421. The summed E-state index contributed by atoms with van der Waals surface area (Å²) in [6.07, 6.45) is 1.72. The van der Waals surface area contributed by atoms with E-state index in [-0.39, 0.29) is 23.8 Å². The standard InChI is InChI=1S/C19H22N2O4/c1-13-19(11-24-12-19)25-6-5-21(13)17-8-16(9-20-18(17)23)15-4-2-3-14(7-15)10-22/h2-4,7-9,13,22H,5-6,10-12H2,1H3,(H,20,23)/t13-/m0/s1. The van der Waals surface area contributed by atoms with Crippen LogP contribution < -0.4 is 10.5 Å². The molecule has 1 aromatic carbocycles. The number of aliphatic hydroxyl groups is 1. The monoisotopic (exact) mass is 342 g/mol. The maximum Gasteiger partial charge on any atom is 0.271 e. The first kappa shape index (κ1) is 16.3. The van der Waals surface area contributed by atoms with E-state index in [2.05, 4.69) is 16.8 Å². The number of nitrogens with zero attached hydrogens (tertiary/aromatic N) is 1. The Labute approximate surface area is 146 Å². The first-order chi connectivity index (χ1) is 12.1. The number of benzene rings is 1. The number of rotatable bonds is 3. The first-order valence-electron chi connectivity index (χ1n) is 8.54. The molecule has 132 valence electrons. The third-order valence-electron chi connectivity index (χ3n) is 5.28. The Morgan fingerprint density at radius 3 is 2.88 bits per heavy atom. The van der Waals surface area contributed by atoms with Gasteiger partial charge < -0.3 is 24.5 Å². The van der Waals surface area contributed by atoms with Crippen LogP contribution in [-0.2, 0) is 16.1 Å². The van der Waals surface area contributed by atoms with Crippen molar-refractivity contribution in [1.29, 1.82) is 0 Å². The quantitative estimate of drug-likeness (QED) is 0.885. The zero-order valence-electron chi connectivity index (χ0n) is 14.2. The highest BCUT2D eigenvalue weighted by molar-refractivity contribution is 5.68. The molecule has 1 aromatic heterocycles. The van der Waals surface area contributed by atoms with Crippen LogP contribution in [0.3, 0.4) is 0 Å². The number of morpholine rings is 1. The number of aromatic nitrogens is 1. The number of aliphatic hydroxyl groups excluding tert-OH is 1. The van der Waals surface area contributed by atoms with Crippen LogP contribution in [0.5, 0.6) is 0 Å². The Kier molecular flexibility index (Phi) is 4.11. The molecule has 4 rings (SSSR count). The molecular weight excluding hydrogens is 320 g/mol. The normalized spacial score (nSPS) is 22.0. The summed E-state index contributed by atoms with van der Waals surface area (Å²) in [7, 11) is 0. The summed E-state index contributed by atoms with van der Waals surface area (Å²) in [5.74, 6) is 0. The second-order valence-electron chi connectivity index (χ2n) is 6.74. The van der Waals surface area contributed by atoms with E-state index in [0.29, 0.717) is 32.1 Å². The molecule has 0 aliphatic carbocycles. The van der Waals surface area contributed by atoms with Crippen molar-refractivity contribution in [3.8, 4) is 11.1 Å². The molecule has 2 aliphatic heterocycles. The molecule has 3 heterocycles. The topological polar surface area (TPSA) is 74.8 Å². The molecule has 2 fully saturated rings. The molecule has 1 atom stereocenters. The molecule has 2 saturated heterocycles. The van der Waals surface area contributed by atoms with Gasteiger partial charge in [-0.05, 0) is 30.2 Å². The zero-order chi connectivity index (χ0) is 17.4. The number of H-pyrrole nitrogens is 1. The molecule has 2 aliphatic rings. The predicted molar refractivity (Wildman–Crippen MR) is 94.7 cm³/mol. The van der Waals surface area contributed by atoms with Crippen LogP contribution in [0.25, 0.3) is 11.1 Å². The number of nitrogens with one attached hydrogen (secondary N) is 1. The van der Waals surface area contributed by atoms with Gasteiger partial charge in [-0.2, -0.15) is 0 Å². The summed E-state index contributed by atoms with van der Waals surface area (Å²) < 4.78 is 11.3. The molecule has 0 radical (unpaired) electrons. The summed E-state index contributed by atoms with van der Waals surface area (Å²) in [5, 5.41) is 9.35. The summed E-state index contributed by atoms with van der Waals surface area (Å²) in [4.78, 5) is 17.4. The second-order valence-corrected chi connectivity index (χ2v) is 6.74. The minimum atomic E-state index is -0.308. The number of ether oxygens (including phenoxy) is 2. The smallest absolute Gasteiger partial charge is 0.271 e. The van der Waals surface area contributed by atoms with Gasteiger partial charge in [0.1, 0.15) is 11.3 Å². The highest BCUT2D eigenvalue weighted by atomic mass is 16.6. The fourth-order valence-electron chi connectivity index (χ4n) is 3.60. The zero-order valence-corrected chi connectivity index (χ0v) is 14.2. The van der Waals surface area contributed by atoms with E-state index in [1.54, 1.807) is 6.20 Å². The predicted octanol–water partition coefficient (Wildman–Crippen LogP) is 1.53. The van der Waals surface area contributed by atoms with Crippen LogP contribution in [0, 0.1) is 0 Å². The molecule has 2 N–H and O–H groups in total. The van der Waals surface area contributed by atoms with E-state index in [0.717, 1.165) is 16.7 Å². The second kappa shape index (κ2) is 6.29. The Hall–Kier alpha value is -2.15. The lowest BCUT2D eigenvalue weighted by atomic mass is 9.90. The van der Waals surface area contributed by atoms with Gasteiger partial charge in [0.15, 0.2) is 0 Å². The molecule has 0 saturated carbocycles. The van der Waals surface area contributed by atoms with Gasteiger partial charge in [-0.1, -0.05) is 18.2 Å². The molecular formula is C19H22N2O4. The van der Waals surface area contributed by atoms with Crippen LogP contribution >= 0.6 is 0 Å². The Morgan fingerprint density at radius 2 is 2.16 bits per heavy atom. The van der Waals surface area contributed by atoms with E-state index in [4.69, 9.17) is 9.47 Å². The highest BCUT2D eigenvalue weighted by Crippen LogP contribution is 2.34. The maximum absolute atomic E-state index is 12.5. The summed E-state index contributed by atoms with van der Waals surface area (Å²) >= 11 is 0. The third kappa shape index (κ3) is 2.76. The van der Waals surface area contributed by atoms with Crippen LogP contribution in [0.2, 0.25) is 0 Å². The van der Waals surface area contributed by atoms with E-state index in [1.165, 1.54) is 0 Å². The van der Waals surface area contributed by atoms with Gasteiger partial charge in [-0.15, -0.1) is 0 Å². The lowest BCUT2D eigenvalue weighted by Crippen LogP contribution is -2.68. The van der Waals surface area contributed by atoms with E-state index < -0.39 is 0 Å². The van der Waals surface area contributed by atoms with E-state index in [9.17, 15) is 9.90 Å². The highest BCUT2D eigenvalue weighted by Gasteiger charge is 2.50.